The molecule has 0 fully saturated rings. The SMILES string of the molecule is CCCCOc1c(C)cc(OC)cc1C. The molecule has 84 valence electrons. The molecule has 0 bridgehead atoms. The van der Waals surface area contributed by atoms with Crippen LogP contribution in [0, 0.1) is 13.8 Å². The zero-order chi connectivity index (χ0) is 11.3. The van der Waals surface area contributed by atoms with E-state index in [-0.39, 0.29) is 0 Å². The minimum absolute atomic E-state index is 0.796. The molecule has 1 aromatic carbocycles. The maximum atomic E-state index is 5.75. The van der Waals surface area contributed by atoms with Gasteiger partial charge in [0.25, 0.3) is 0 Å². The number of hydrogen-bond donors (Lipinski definition) is 0. The van der Waals surface area contributed by atoms with Gasteiger partial charge in [-0.2, -0.15) is 0 Å². The van der Waals surface area contributed by atoms with Crippen molar-refractivity contribution in [3.63, 3.8) is 0 Å². The van der Waals surface area contributed by atoms with Gasteiger partial charge in [0.1, 0.15) is 11.5 Å². The largest absolute Gasteiger partial charge is 0.497 e. The van der Waals surface area contributed by atoms with Gasteiger partial charge in [-0.05, 0) is 43.5 Å². The molecule has 0 amide bonds. The molecule has 0 aliphatic rings. The molecule has 0 atom stereocenters. The fraction of sp³-hybridized carbons (Fsp3) is 0.538. The Bertz CT molecular complexity index is 295. The van der Waals surface area contributed by atoms with Crippen LogP contribution < -0.4 is 9.47 Å². The van der Waals surface area contributed by atoms with Crippen LogP contribution in [-0.4, -0.2) is 13.7 Å². The van der Waals surface area contributed by atoms with Crippen LogP contribution in [0.2, 0.25) is 0 Å². The summed E-state index contributed by atoms with van der Waals surface area (Å²) in [7, 11) is 1.69. The number of ether oxygens (including phenoxy) is 2. The zero-order valence-electron chi connectivity index (χ0n) is 10.1. The van der Waals surface area contributed by atoms with Crippen molar-refractivity contribution < 1.29 is 9.47 Å². The topological polar surface area (TPSA) is 18.5 Å². The first kappa shape index (κ1) is 11.9. The highest BCUT2D eigenvalue weighted by Gasteiger charge is 2.06. The molecule has 0 aliphatic carbocycles. The molecule has 0 aliphatic heterocycles. The van der Waals surface area contributed by atoms with Gasteiger partial charge in [-0.25, -0.2) is 0 Å². The number of unbranched alkanes of at least 4 members (excludes halogenated alkanes) is 1. The first-order valence-corrected chi connectivity index (χ1v) is 5.47. The van der Waals surface area contributed by atoms with E-state index in [4.69, 9.17) is 9.47 Å². The summed E-state index contributed by atoms with van der Waals surface area (Å²) in [5.41, 5.74) is 2.28. The van der Waals surface area contributed by atoms with Gasteiger partial charge in [-0.1, -0.05) is 13.3 Å². The highest BCUT2D eigenvalue weighted by atomic mass is 16.5. The van der Waals surface area contributed by atoms with Crippen LogP contribution in [0.3, 0.4) is 0 Å². The molecule has 0 aromatic heterocycles. The molecule has 0 saturated carbocycles. The lowest BCUT2D eigenvalue weighted by atomic mass is 10.1. The zero-order valence-corrected chi connectivity index (χ0v) is 10.1. The van der Waals surface area contributed by atoms with E-state index >= 15 is 0 Å². The Labute approximate surface area is 92.2 Å². The Balaban J connectivity index is 2.79. The maximum Gasteiger partial charge on any atom is 0.125 e. The Morgan fingerprint density at radius 2 is 1.73 bits per heavy atom. The Morgan fingerprint density at radius 3 is 2.20 bits per heavy atom. The van der Waals surface area contributed by atoms with Gasteiger partial charge in [-0.15, -0.1) is 0 Å². The van der Waals surface area contributed by atoms with Crippen molar-refractivity contribution in [2.75, 3.05) is 13.7 Å². The predicted octanol–water partition coefficient (Wildman–Crippen LogP) is 3.49. The smallest absolute Gasteiger partial charge is 0.125 e. The predicted molar refractivity (Wildman–Crippen MR) is 62.9 cm³/mol. The minimum atomic E-state index is 0.796. The van der Waals surface area contributed by atoms with Crippen LogP contribution in [0.1, 0.15) is 30.9 Å². The standard InChI is InChI=1S/C13H20O2/c1-5-6-7-15-13-10(2)8-12(14-4)9-11(13)3/h8-9H,5-7H2,1-4H3. The van der Waals surface area contributed by atoms with Gasteiger partial charge >= 0.3 is 0 Å². The Kier molecular flexibility index (Phi) is 4.47. The lowest BCUT2D eigenvalue weighted by molar-refractivity contribution is 0.304. The molecule has 0 unspecified atom stereocenters. The highest BCUT2D eigenvalue weighted by molar-refractivity contribution is 5.45. The summed E-state index contributed by atoms with van der Waals surface area (Å²) in [6, 6.07) is 4.02. The molecule has 0 radical (unpaired) electrons. The van der Waals surface area contributed by atoms with Crippen molar-refractivity contribution in [2.24, 2.45) is 0 Å². The quantitative estimate of drug-likeness (QED) is 0.690. The molecule has 2 heteroatoms. The third-order valence-electron chi connectivity index (χ3n) is 2.41. The van der Waals surface area contributed by atoms with Crippen LogP contribution in [-0.2, 0) is 0 Å². The summed E-state index contributed by atoms with van der Waals surface area (Å²) in [5, 5.41) is 0. The van der Waals surface area contributed by atoms with E-state index in [2.05, 4.69) is 20.8 Å². The molecule has 0 heterocycles. The van der Waals surface area contributed by atoms with Crippen molar-refractivity contribution >= 4 is 0 Å². The number of hydrogen-bond acceptors (Lipinski definition) is 2. The average Bonchev–Trinajstić information content (AvgIpc) is 2.22. The second kappa shape index (κ2) is 5.64. The minimum Gasteiger partial charge on any atom is -0.497 e. The normalized spacial score (nSPS) is 10.1. The van der Waals surface area contributed by atoms with E-state index in [0.29, 0.717) is 0 Å². The van der Waals surface area contributed by atoms with Gasteiger partial charge in [0.05, 0.1) is 13.7 Å². The highest BCUT2D eigenvalue weighted by Crippen LogP contribution is 2.28. The average molecular weight is 208 g/mol. The van der Waals surface area contributed by atoms with Crippen molar-refractivity contribution in [1.29, 1.82) is 0 Å². The van der Waals surface area contributed by atoms with Gasteiger partial charge in [0.2, 0.25) is 0 Å². The van der Waals surface area contributed by atoms with E-state index < -0.39 is 0 Å². The molecule has 0 spiro atoms. The second-order valence-electron chi connectivity index (χ2n) is 3.79. The van der Waals surface area contributed by atoms with E-state index in [0.717, 1.165) is 42.1 Å². The number of aryl methyl sites for hydroxylation is 2. The van der Waals surface area contributed by atoms with Crippen LogP contribution in [0.15, 0.2) is 12.1 Å². The molecule has 2 nitrogen and oxygen atoms in total. The lowest BCUT2D eigenvalue weighted by Gasteiger charge is -2.13. The summed E-state index contributed by atoms with van der Waals surface area (Å²) < 4.78 is 11.0. The number of rotatable bonds is 5. The third kappa shape index (κ3) is 3.15. The fourth-order valence-corrected chi connectivity index (χ4v) is 1.57. The summed E-state index contributed by atoms with van der Waals surface area (Å²) in [6.45, 7) is 7.06. The fourth-order valence-electron chi connectivity index (χ4n) is 1.57. The number of benzene rings is 1. The lowest BCUT2D eigenvalue weighted by Crippen LogP contribution is -2.00. The molecular weight excluding hydrogens is 188 g/mol. The van der Waals surface area contributed by atoms with Crippen LogP contribution >= 0.6 is 0 Å². The van der Waals surface area contributed by atoms with E-state index in [1.54, 1.807) is 7.11 Å². The Morgan fingerprint density at radius 1 is 1.13 bits per heavy atom. The summed E-state index contributed by atoms with van der Waals surface area (Å²) in [4.78, 5) is 0. The van der Waals surface area contributed by atoms with Crippen LogP contribution in [0.5, 0.6) is 11.5 Å². The van der Waals surface area contributed by atoms with Gasteiger partial charge in [0, 0.05) is 0 Å². The van der Waals surface area contributed by atoms with Gasteiger partial charge in [-0.3, -0.25) is 0 Å². The monoisotopic (exact) mass is 208 g/mol. The Hall–Kier alpha value is -1.18. The molecule has 1 rings (SSSR count). The van der Waals surface area contributed by atoms with Crippen LogP contribution in [0.25, 0.3) is 0 Å². The van der Waals surface area contributed by atoms with E-state index in [1.807, 2.05) is 12.1 Å². The third-order valence-corrected chi connectivity index (χ3v) is 2.41. The molecule has 1 aromatic rings. The number of methoxy groups -OCH3 is 1. The van der Waals surface area contributed by atoms with Crippen LogP contribution in [0.4, 0.5) is 0 Å². The summed E-state index contributed by atoms with van der Waals surface area (Å²) in [6.07, 6.45) is 2.26. The molecule has 0 saturated heterocycles. The van der Waals surface area contributed by atoms with Crippen molar-refractivity contribution in [1.82, 2.24) is 0 Å². The molecule has 0 N–H and O–H groups in total. The maximum absolute atomic E-state index is 5.75. The van der Waals surface area contributed by atoms with Crippen molar-refractivity contribution in [3.05, 3.63) is 23.3 Å². The van der Waals surface area contributed by atoms with Gasteiger partial charge in [0.15, 0.2) is 0 Å². The first-order chi connectivity index (χ1) is 7.19. The van der Waals surface area contributed by atoms with Crippen molar-refractivity contribution in [2.45, 2.75) is 33.6 Å². The molecular formula is C13H20O2. The molecule has 15 heavy (non-hydrogen) atoms. The first-order valence-electron chi connectivity index (χ1n) is 5.47. The van der Waals surface area contributed by atoms with E-state index in [9.17, 15) is 0 Å². The van der Waals surface area contributed by atoms with Gasteiger partial charge < -0.3 is 9.47 Å². The summed E-state index contributed by atoms with van der Waals surface area (Å²) >= 11 is 0. The van der Waals surface area contributed by atoms with E-state index in [1.165, 1.54) is 0 Å². The van der Waals surface area contributed by atoms with Crippen molar-refractivity contribution in [3.8, 4) is 11.5 Å². The second-order valence-corrected chi connectivity index (χ2v) is 3.79. The summed E-state index contributed by atoms with van der Waals surface area (Å²) in [5.74, 6) is 1.90.